The van der Waals surface area contributed by atoms with Crippen LogP contribution < -0.4 is 5.32 Å². The molecule has 1 fully saturated rings. The summed E-state index contributed by atoms with van der Waals surface area (Å²) in [7, 11) is -3.28. The van der Waals surface area contributed by atoms with Gasteiger partial charge < -0.3 is 5.32 Å². The van der Waals surface area contributed by atoms with Crippen molar-refractivity contribution >= 4 is 21.4 Å². The maximum absolute atomic E-state index is 12.7. The first-order chi connectivity index (χ1) is 9.48. The average Bonchev–Trinajstić information content (AvgIpc) is 3.03. The van der Waals surface area contributed by atoms with Crippen LogP contribution in [-0.4, -0.2) is 32.4 Å². The molecule has 1 aromatic rings. The lowest BCUT2D eigenvalue weighted by molar-refractivity contribution is 0.454. The first-order valence-corrected chi connectivity index (χ1v) is 9.54. The minimum absolute atomic E-state index is 0.500. The van der Waals surface area contributed by atoms with Gasteiger partial charge in [0.2, 0.25) is 0 Å². The lowest BCUT2D eigenvalue weighted by Crippen LogP contribution is -2.28. The van der Waals surface area contributed by atoms with Gasteiger partial charge in [0.05, 0.1) is 0 Å². The monoisotopic (exact) mass is 316 g/mol. The van der Waals surface area contributed by atoms with Gasteiger partial charge in [-0.25, -0.2) is 8.42 Å². The quantitative estimate of drug-likeness (QED) is 0.877. The molecule has 1 aliphatic heterocycles. The van der Waals surface area contributed by atoms with Crippen molar-refractivity contribution in [2.75, 3.05) is 19.6 Å². The summed E-state index contributed by atoms with van der Waals surface area (Å²) in [5.74, 6) is 0.520. The molecule has 2 rings (SSSR count). The second-order valence-corrected chi connectivity index (χ2v) is 8.68. The summed E-state index contributed by atoms with van der Waals surface area (Å²) in [4.78, 5) is 1.12. The van der Waals surface area contributed by atoms with Crippen LogP contribution in [0.5, 0.6) is 0 Å². The Labute approximate surface area is 126 Å². The Morgan fingerprint density at radius 1 is 1.45 bits per heavy atom. The predicted octanol–water partition coefficient (Wildman–Crippen LogP) is 2.59. The van der Waals surface area contributed by atoms with Crippen LogP contribution in [0.2, 0.25) is 0 Å². The molecule has 4 nitrogen and oxygen atoms in total. The molecular weight excluding hydrogens is 292 g/mol. The maximum atomic E-state index is 12.7. The minimum Gasteiger partial charge on any atom is -0.312 e. The van der Waals surface area contributed by atoms with Crippen LogP contribution in [0.3, 0.4) is 0 Å². The summed E-state index contributed by atoms with van der Waals surface area (Å²) in [5, 5.41) is 3.26. The number of nitrogens with zero attached hydrogens (tertiary/aromatic N) is 1. The third kappa shape index (κ3) is 3.24. The fourth-order valence-corrected chi connectivity index (χ4v) is 5.75. The van der Waals surface area contributed by atoms with Crippen molar-refractivity contribution in [1.82, 2.24) is 9.62 Å². The van der Waals surface area contributed by atoms with E-state index in [0.717, 1.165) is 36.4 Å². The van der Waals surface area contributed by atoms with Gasteiger partial charge in [0.1, 0.15) is 4.21 Å². The number of rotatable bonds is 6. The third-order valence-electron chi connectivity index (χ3n) is 3.95. The van der Waals surface area contributed by atoms with E-state index in [4.69, 9.17) is 0 Å². The number of aryl methyl sites for hydroxylation is 1. The van der Waals surface area contributed by atoms with Crippen molar-refractivity contribution in [2.24, 2.45) is 5.92 Å². The topological polar surface area (TPSA) is 49.4 Å². The SMILES string of the molecule is CCNCc1sc(S(=O)(=O)N2CCC(CC)C2)cc1C. The van der Waals surface area contributed by atoms with E-state index in [2.05, 4.69) is 19.2 Å². The predicted molar refractivity (Wildman–Crippen MR) is 83.6 cm³/mol. The normalized spacial score (nSPS) is 20.6. The molecule has 0 spiro atoms. The number of thiophene rings is 1. The Morgan fingerprint density at radius 3 is 2.80 bits per heavy atom. The molecule has 0 aromatic carbocycles. The van der Waals surface area contributed by atoms with E-state index in [1.165, 1.54) is 11.3 Å². The van der Waals surface area contributed by atoms with Crippen molar-refractivity contribution in [3.63, 3.8) is 0 Å². The molecule has 1 aliphatic rings. The van der Waals surface area contributed by atoms with Gasteiger partial charge >= 0.3 is 0 Å². The zero-order valence-corrected chi connectivity index (χ0v) is 14.1. The molecule has 1 unspecified atom stereocenters. The molecule has 1 aromatic heterocycles. The second kappa shape index (κ2) is 6.56. The lowest BCUT2D eigenvalue weighted by Gasteiger charge is -2.14. The van der Waals surface area contributed by atoms with Gasteiger partial charge in [-0.2, -0.15) is 4.31 Å². The Kier molecular flexibility index (Phi) is 5.23. The summed E-state index contributed by atoms with van der Waals surface area (Å²) >= 11 is 1.41. The largest absolute Gasteiger partial charge is 0.312 e. The highest BCUT2D eigenvalue weighted by molar-refractivity contribution is 7.91. The van der Waals surface area contributed by atoms with Gasteiger partial charge in [0, 0.05) is 24.5 Å². The van der Waals surface area contributed by atoms with Gasteiger partial charge in [-0.3, -0.25) is 0 Å². The Morgan fingerprint density at radius 2 is 2.20 bits per heavy atom. The molecule has 0 saturated carbocycles. The summed E-state index contributed by atoms with van der Waals surface area (Å²) in [5.41, 5.74) is 1.07. The van der Waals surface area contributed by atoms with Crippen LogP contribution in [-0.2, 0) is 16.6 Å². The maximum Gasteiger partial charge on any atom is 0.252 e. The van der Waals surface area contributed by atoms with Gasteiger partial charge in [-0.1, -0.05) is 20.3 Å². The highest BCUT2D eigenvalue weighted by Crippen LogP contribution is 2.31. The molecule has 6 heteroatoms. The van der Waals surface area contributed by atoms with Gasteiger partial charge in [0.25, 0.3) is 10.0 Å². The Hall–Kier alpha value is -0.430. The van der Waals surface area contributed by atoms with Crippen molar-refractivity contribution in [3.8, 4) is 0 Å². The fraction of sp³-hybridized carbons (Fsp3) is 0.714. The van der Waals surface area contributed by atoms with Crippen molar-refractivity contribution in [2.45, 2.75) is 44.4 Å². The molecule has 0 amide bonds. The lowest BCUT2D eigenvalue weighted by atomic mass is 10.1. The van der Waals surface area contributed by atoms with Gasteiger partial charge in [-0.15, -0.1) is 11.3 Å². The van der Waals surface area contributed by atoms with Crippen LogP contribution in [0.25, 0.3) is 0 Å². The molecule has 0 aliphatic carbocycles. The molecule has 0 radical (unpaired) electrons. The van der Waals surface area contributed by atoms with E-state index in [1.54, 1.807) is 4.31 Å². The van der Waals surface area contributed by atoms with E-state index in [0.29, 0.717) is 23.2 Å². The smallest absolute Gasteiger partial charge is 0.252 e. The number of hydrogen-bond donors (Lipinski definition) is 1. The van der Waals surface area contributed by atoms with Crippen molar-refractivity contribution in [3.05, 3.63) is 16.5 Å². The van der Waals surface area contributed by atoms with Crippen LogP contribution in [0.1, 0.15) is 37.1 Å². The first kappa shape index (κ1) is 15.9. The number of nitrogens with one attached hydrogen (secondary N) is 1. The van der Waals surface area contributed by atoms with E-state index < -0.39 is 10.0 Å². The zero-order chi connectivity index (χ0) is 14.8. The summed E-state index contributed by atoms with van der Waals surface area (Å²) < 4.78 is 27.5. The summed E-state index contributed by atoms with van der Waals surface area (Å²) in [6.45, 7) is 9.16. The van der Waals surface area contributed by atoms with E-state index in [-0.39, 0.29) is 0 Å². The first-order valence-electron chi connectivity index (χ1n) is 7.29. The molecular formula is C14H24N2O2S2. The molecule has 1 saturated heterocycles. The van der Waals surface area contributed by atoms with Crippen LogP contribution in [0, 0.1) is 12.8 Å². The molecule has 2 heterocycles. The van der Waals surface area contributed by atoms with Crippen LogP contribution >= 0.6 is 11.3 Å². The van der Waals surface area contributed by atoms with Crippen LogP contribution in [0.4, 0.5) is 0 Å². The molecule has 20 heavy (non-hydrogen) atoms. The number of sulfonamides is 1. The van der Waals surface area contributed by atoms with Crippen molar-refractivity contribution < 1.29 is 8.42 Å². The highest BCUT2D eigenvalue weighted by Gasteiger charge is 2.33. The Bertz CT molecular complexity index is 552. The van der Waals surface area contributed by atoms with E-state index in [9.17, 15) is 8.42 Å². The van der Waals surface area contributed by atoms with E-state index >= 15 is 0 Å². The second-order valence-electron chi connectivity index (χ2n) is 5.38. The molecule has 1 atom stereocenters. The zero-order valence-electron chi connectivity index (χ0n) is 12.5. The number of hydrogen-bond acceptors (Lipinski definition) is 4. The van der Waals surface area contributed by atoms with E-state index in [1.807, 2.05) is 13.0 Å². The molecule has 0 bridgehead atoms. The summed E-state index contributed by atoms with van der Waals surface area (Å²) in [6, 6.07) is 1.83. The summed E-state index contributed by atoms with van der Waals surface area (Å²) in [6.07, 6.45) is 2.05. The molecule has 1 N–H and O–H groups in total. The standard InChI is InChI=1S/C14H24N2O2S2/c1-4-12-6-7-16(10-12)20(17,18)14-8-11(3)13(19-14)9-15-5-2/h8,12,15H,4-7,9-10H2,1-3H3. The highest BCUT2D eigenvalue weighted by atomic mass is 32.2. The minimum atomic E-state index is -3.28. The average molecular weight is 316 g/mol. The Balaban J connectivity index is 2.18. The third-order valence-corrected chi connectivity index (χ3v) is 7.51. The van der Waals surface area contributed by atoms with Crippen LogP contribution in [0.15, 0.2) is 10.3 Å². The fourth-order valence-electron chi connectivity index (χ4n) is 2.51. The van der Waals surface area contributed by atoms with Gasteiger partial charge in [-0.05, 0) is 37.4 Å². The van der Waals surface area contributed by atoms with Gasteiger partial charge in [0.15, 0.2) is 0 Å². The van der Waals surface area contributed by atoms with Crippen molar-refractivity contribution in [1.29, 1.82) is 0 Å². The molecule has 114 valence electrons.